The van der Waals surface area contributed by atoms with Gasteiger partial charge < -0.3 is 14.0 Å². The highest BCUT2D eigenvalue weighted by atomic mass is 35.5. The molecule has 0 aliphatic heterocycles. The summed E-state index contributed by atoms with van der Waals surface area (Å²) < 4.78 is 15.2. The lowest BCUT2D eigenvalue weighted by atomic mass is 10.1. The van der Waals surface area contributed by atoms with Crippen molar-refractivity contribution in [2.75, 3.05) is 0 Å². The Morgan fingerprint density at radius 2 is 2.05 bits per heavy atom. The van der Waals surface area contributed by atoms with Gasteiger partial charge in [-0.25, -0.2) is 4.79 Å². The van der Waals surface area contributed by atoms with Gasteiger partial charge in [0.1, 0.15) is 0 Å². The van der Waals surface area contributed by atoms with Crippen LogP contribution in [0.5, 0.6) is 5.75 Å². The molecule has 20 heavy (non-hydrogen) atoms. The Kier molecular flexibility index (Phi) is 4.29. The molecule has 0 radical (unpaired) electrons. The van der Waals surface area contributed by atoms with Crippen LogP contribution in [0.2, 0.25) is 5.02 Å². The zero-order valence-electron chi connectivity index (χ0n) is 11.3. The minimum absolute atomic E-state index is 0.212. The molecule has 1 aromatic heterocycles. The predicted molar refractivity (Wildman–Crippen MR) is 73.9 cm³/mol. The van der Waals surface area contributed by atoms with E-state index in [1.165, 1.54) is 0 Å². The summed E-state index contributed by atoms with van der Waals surface area (Å²) in [6, 6.07) is 7.09. The van der Waals surface area contributed by atoms with Gasteiger partial charge in [-0.3, -0.25) is 0 Å². The fourth-order valence-corrected chi connectivity index (χ4v) is 1.83. The first-order valence-corrected chi connectivity index (χ1v) is 6.46. The summed E-state index contributed by atoms with van der Waals surface area (Å²) in [4.78, 5) is 11.6. The number of nitrogens with zero attached hydrogens (tertiary/aromatic N) is 1. The van der Waals surface area contributed by atoms with E-state index in [1.807, 2.05) is 0 Å². The highest BCUT2D eigenvalue weighted by Gasteiger charge is 2.22. The number of aryl methyl sites for hydroxylation is 1. The van der Waals surface area contributed by atoms with Crippen LogP contribution in [-0.4, -0.2) is 17.4 Å². The van der Waals surface area contributed by atoms with Crippen LogP contribution in [0.4, 0.5) is 4.79 Å². The lowest BCUT2D eigenvalue weighted by molar-refractivity contribution is 0.0725. The van der Waals surface area contributed by atoms with Gasteiger partial charge in [-0.2, -0.15) is 0 Å². The van der Waals surface area contributed by atoms with Crippen molar-refractivity contribution < 1.29 is 18.8 Å². The molecule has 2 rings (SSSR count). The summed E-state index contributed by atoms with van der Waals surface area (Å²) in [7, 11) is 0. The summed E-state index contributed by atoms with van der Waals surface area (Å²) in [5.41, 5.74) is 0.993. The SMILES string of the molecule is Cc1onc(-c2ccccc2Cl)c1OC(=O)OC(C)C. The van der Waals surface area contributed by atoms with E-state index in [1.54, 1.807) is 45.0 Å². The number of rotatable bonds is 3. The molecular weight excluding hydrogens is 282 g/mol. The predicted octanol–water partition coefficient (Wildman–Crippen LogP) is 4.23. The quantitative estimate of drug-likeness (QED) is 0.793. The maximum absolute atomic E-state index is 11.6. The maximum atomic E-state index is 11.6. The second-order valence-corrected chi connectivity index (χ2v) is 4.82. The number of benzene rings is 1. The lowest BCUT2D eigenvalue weighted by Gasteiger charge is -2.08. The Labute approximate surface area is 121 Å². The first-order valence-electron chi connectivity index (χ1n) is 6.08. The minimum Gasteiger partial charge on any atom is -0.431 e. The second-order valence-electron chi connectivity index (χ2n) is 4.42. The molecule has 0 unspecified atom stereocenters. The molecule has 1 aromatic carbocycles. The molecule has 0 amide bonds. The number of aromatic nitrogens is 1. The molecule has 5 nitrogen and oxygen atoms in total. The van der Waals surface area contributed by atoms with E-state index in [4.69, 9.17) is 25.6 Å². The number of hydrogen-bond acceptors (Lipinski definition) is 5. The fraction of sp³-hybridized carbons (Fsp3) is 0.286. The van der Waals surface area contributed by atoms with Crippen molar-refractivity contribution in [3.8, 4) is 17.0 Å². The summed E-state index contributed by atoms with van der Waals surface area (Å²) in [5, 5.41) is 4.38. The molecule has 0 spiro atoms. The Bertz CT molecular complexity index is 621. The molecule has 0 aliphatic rings. The van der Waals surface area contributed by atoms with E-state index in [0.717, 1.165) is 0 Å². The van der Waals surface area contributed by atoms with E-state index in [-0.39, 0.29) is 11.9 Å². The number of hydrogen-bond donors (Lipinski definition) is 0. The normalized spacial score (nSPS) is 10.7. The van der Waals surface area contributed by atoms with E-state index >= 15 is 0 Å². The molecule has 106 valence electrons. The van der Waals surface area contributed by atoms with E-state index in [9.17, 15) is 4.79 Å². The van der Waals surface area contributed by atoms with E-state index in [2.05, 4.69) is 5.16 Å². The zero-order valence-corrected chi connectivity index (χ0v) is 12.1. The van der Waals surface area contributed by atoms with Gasteiger partial charge in [-0.1, -0.05) is 35.0 Å². The third kappa shape index (κ3) is 3.11. The molecule has 0 bridgehead atoms. The van der Waals surface area contributed by atoms with Crippen LogP contribution in [-0.2, 0) is 4.74 Å². The van der Waals surface area contributed by atoms with Gasteiger partial charge >= 0.3 is 6.16 Å². The fourth-order valence-electron chi connectivity index (χ4n) is 1.61. The van der Waals surface area contributed by atoms with Gasteiger partial charge in [-0.15, -0.1) is 0 Å². The number of carbonyl (C=O) groups excluding carboxylic acids is 1. The van der Waals surface area contributed by atoms with Gasteiger partial charge in [0.05, 0.1) is 11.1 Å². The molecule has 0 aliphatic carbocycles. The molecule has 6 heteroatoms. The largest absolute Gasteiger partial charge is 0.514 e. The molecule has 0 saturated heterocycles. The highest BCUT2D eigenvalue weighted by Crippen LogP contribution is 2.36. The van der Waals surface area contributed by atoms with Crippen molar-refractivity contribution in [2.24, 2.45) is 0 Å². The Hall–Kier alpha value is -2.01. The average Bonchev–Trinajstić information content (AvgIpc) is 2.71. The topological polar surface area (TPSA) is 61.6 Å². The Morgan fingerprint density at radius 3 is 2.70 bits per heavy atom. The molecule has 0 N–H and O–H groups in total. The second kappa shape index (κ2) is 5.96. The molecule has 2 aromatic rings. The number of carbonyl (C=O) groups is 1. The zero-order chi connectivity index (χ0) is 14.7. The van der Waals surface area contributed by atoms with Crippen LogP contribution in [0, 0.1) is 6.92 Å². The van der Waals surface area contributed by atoms with Crippen molar-refractivity contribution in [3.63, 3.8) is 0 Å². The van der Waals surface area contributed by atoms with Gasteiger partial charge in [0.25, 0.3) is 0 Å². The highest BCUT2D eigenvalue weighted by molar-refractivity contribution is 6.33. The third-order valence-corrected chi connectivity index (χ3v) is 2.78. The van der Waals surface area contributed by atoms with Gasteiger partial charge in [-0.05, 0) is 19.9 Å². The first-order chi connectivity index (χ1) is 9.49. The smallest absolute Gasteiger partial charge is 0.431 e. The maximum Gasteiger partial charge on any atom is 0.514 e. The van der Waals surface area contributed by atoms with Gasteiger partial charge in [0.15, 0.2) is 11.5 Å². The molecule has 1 heterocycles. The van der Waals surface area contributed by atoms with E-state index < -0.39 is 6.16 Å². The number of halogens is 1. The van der Waals surface area contributed by atoms with Crippen LogP contribution in [0.1, 0.15) is 19.6 Å². The van der Waals surface area contributed by atoms with Crippen molar-refractivity contribution in [1.82, 2.24) is 5.16 Å². The summed E-state index contributed by atoms with van der Waals surface area (Å²) >= 11 is 6.11. The standard InChI is InChI=1S/C14H14ClNO4/c1-8(2)18-14(17)19-13-9(3)20-16-12(13)10-6-4-5-7-11(10)15/h4-8H,1-3H3. The van der Waals surface area contributed by atoms with Gasteiger partial charge in [0.2, 0.25) is 5.75 Å². The van der Waals surface area contributed by atoms with Crippen LogP contribution in [0.3, 0.4) is 0 Å². The van der Waals surface area contributed by atoms with Crippen molar-refractivity contribution in [3.05, 3.63) is 35.0 Å². The molecule has 0 saturated carbocycles. The number of ether oxygens (including phenoxy) is 2. The van der Waals surface area contributed by atoms with Crippen LogP contribution in [0.25, 0.3) is 11.3 Å². The minimum atomic E-state index is -0.806. The molecule has 0 atom stereocenters. The van der Waals surface area contributed by atoms with Crippen molar-refractivity contribution in [1.29, 1.82) is 0 Å². The van der Waals surface area contributed by atoms with Crippen molar-refractivity contribution in [2.45, 2.75) is 26.9 Å². The summed E-state index contributed by atoms with van der Waals surface area (Å²) in [5.74, 6) is 0.587. The Balaban J connectivity index is 2.33. The molecule has 0 fully saturated rings. The van der Waals surface area contributed by atoms with E-state index in [0.29, 0.717) is 22.0 Å². The third-order valence-electron chi connectivity index (χ3n) is 2.45. The lowest BCUT2D eigenvalue weighted by Crippen LogP contribution is -2.16. The monoisotopic (exact) mass is 295 g/mol. The molecular formula is C14H14ClNO4. The van der Waals surface area contributed by atoms with Crippen LogP contribution < -0.4 is 4.74 Å². The van der Waals surface area contributed by atoms with Crippen molar-refractivity contribution >= 4 is 17.8 Å². The Morgan fingerprint density at radius 1 is 1.35 bits per heavy atom. The van der Waals surface area contributed by atoms with Crippen LogP contribution >= 0.6 is 11.6 Å². The first kappa shape index (κ1) is 14.4. The average molecular weight is 296 g/mol. The van der Waals surface area contributed by atoms with Gasteiger partial charge in [0, 0.05) is 12.5 Å². The summed E-state index contributed by atoms with van der Waals surface area (Å²) in [6.45, 7) is 5.11. The summed E-state index contributed by atoms with van der Waals surface area (Å²) in [6.07, 6.45) is -1.08. The van der Waals surface area contributed by atoms with Crippen LogP contribution in [0.15, 0.2) is 28.8 Å².